The molecule has 1 nitrogen and oxygen atoms in total. The van der Waals surface area contributed by atoms with Crippen LogP contribution in [0.4, 0.5) is 0 Å². The number of rotatable bonds is 3. The normalized spacial score (nSPS) is 17.9. The van der Waals surface area contributed by atoms with Crippen LogP contribution in [0.3, 0.4) is 0 Å². The Morgan fingerprint density at radius 2 is 1.86 bits per heavy atom. The summed E-state index contributed by atoms with van der Waals surface area (Å²) in [6.45, 7) is 3.85. The molecule has 0 aliphatic heterocycles. The van der Waals surface area contributed by atoms with Crippen molar-refractivity contribution < 1.29 is 4.79 Å². The SMILES string of the molecule is CCC1(c2ccc(C(C)=O)cc2)CC1. The molecule has 1 heteroatoms. The minimum absolute atomic E-state index is 0.151. The van der Waals surface area contributed by atoms with Gasteiger partial charge in [0.05, 0.1) is 0 Å². The highest BCUT2D eigenvalue weighted by Crippen LogP contribution is 2.50. The number of benzene rings is 1. The Morgan fingerprint density at radius 3 is 2.21 bits per heavy atom. The smallest absolute Gasteiger partial charge is 0.159 e. The van der Waals surface area contributed by atoms with E-state index in [4.69, 9.17) is 0 Å². The van der Waals surface area contributed by atoms with E-state index in [0.29, 0.717) is 5.41 Å². The standard InChI is InChI=1S/C13H16O/c1-3-13(8-9-13)12-6-4-11(5-7-12)10(2)14/h4-7H,3,8-9H2,1-2H3. The summed E-state index contributed by atoms with van der Waals surface area (Å²) in [5, 5.41) is 0. The van der Waals surface area contributed by atoms with Crippen molar-refractivity contribution in [2.45, 2.75) is 38.5 Å². The first-order chi connectivity index (χ1) is 6.68. The predicted molar refractivity (Wildman–Crippen MR) is 57.6 cm³/mol. The van der Waals surface area contributed by atoms with Gasteiger partial charge in [-0.15, -0.1) is 0 Å². The molecule has 0 N–H and O–H groups in total. The number of hydrogen-bond donors (Lipinski definition) is 0. The summed E-state index contributed by atoms with van der Waals surface area (Å²) in [4.78, 5) is 11.1. The Hall–Kier alpha value is -1.11. The summed E-state index contributed by atoms with van der Waals surface area (Å²) < 4.78 is 0. The molecule has 14 heavy (non-hydrogen) atoms. The summed E-state index contributed by atoms with van der Waals surface area (Å²) in [6.07, 6.45) is 3.83. The van der Waals surface area contributed by atoms with Gasteiger partial charge in [0.15, 0.2) is 5.78 Å². The molecule has 1 fully saturated rings. The number of hydrogen-bond acceptors (Lipinski definition) is 1. The van der Waals surface area contributed by atoms with Crippen molar-refractivity contribution in [2.24, 2.45) is 0 Å². The van der Waals surface area contributed by atoms with Gasteiger partial charge in [0, 0.05) is 5.56 Å². The van der Waals surface area contributed by atoms with Gasteiger partial charge in [-0.3, -0.25) is 4.79 Å². The third kappa shape index (κ3) is 1.47. The Labute approximate surface area is 85.1 Å². The lowest BCUT2D eigenvalue weighted by atomic mass is 9.92. The van der Waals surface area contributed by atoms with E-state index in [2.05, 4.69) is 19.1 Å². The lowest BCUT2D eigenvalue weighted by Gasteiger charge is -2.12. The molecule has 0 aromatic heterocycles. The van der Waals surface area contributed by atoms with Crippen molar-refractivity contribution in [3.05, 3.63) is 35.4 Å². The number of carbonyl (C=O) groups is 1. The van der Waals surface area contributed by atoms with Gasteiger partial charge in [0.25, 0.3) is 0 Å². The van der Waals surface area contributed by atoms with E-state index in [1.165, 1.54) is 24.8 Å². The zero-order valence-corrected chi connectivity index (χ0v) is 8.84. The average Bonchev–Trinajstić information content (AvgIpc) is 2.99. The highest BCUT2D eigenvalue weighted by atomic mass is 16.1. The molecule has 0 amide bonds. The average molecular weight is 188 g/mol. The lowest BCUT2D eigenvalue weighted by molar-refractivity contribution is 0.101. The van der Waals surface area contributed by atoms with Crippen LogP contribution in [-0.2, 0) is 5.41 Å². The monoisotopic (exact) mass is 188 g/mol. The maximum atomic E-state index is 11.1. The van der Waals surface area contributed by atoms with E-state index in [9.17, 15) is 4.79 Å². The molecule has 2 rings (SSSR count). The lowest BCUT2D eigenvalue weighted by Crippen LogP contribution is -2.04. The first-order valence-electron chi connectivity index (χ1n) is 5.29. The molecule has 1 aliphatic carbocycles. The summed E-state index contributed by atoms with van der Waals surface area (Å²) in [6, 6.07) is 8.14. The van der Waals surface area contributed by atoms with Crippen molar-refractivity contribution in [3.8, 4) is 0 Å². The van der Waals surface area contributed by atoms with Gasteiger partial charge in [-0.25, -0.2) is 0 Å². The highest BCUT2D eigenvalue weighted by Gasteiger charge is 2.41. The Balaban J connectivity index is 2.26. The Kier molecular flexibility index (Phi) is 2.18. The number of ketones is 1. The molecule has 74 valence electrons. The van der Waals surface area contributed by atoms with Gasteiger partial charge in [-0.2, -0.15) is 0 Å². The minimum atomic E-state index is 0.151. The van der Waals surface area contributed by atoms with Crippen LogP contribution in [0.15, 0.2) is 24.3 Å². The Bertz CT molecular complexity index is 344. The third-order valence-electron chi connectivity index (χ3n) is 3.43. The van der Waals surface area contributed by atoms with Crippen molar-refractivity contribution in [3.63, 3.8) is 0 Å². The van der Waals surface area contributed by atoms with Crippen LogP contribution in [-0.4, -0.2) is 5.78 Å². The molecular formula is C13H16O. The molecule has 0 unspecified atom stereocenters. The zero-order chi connectivity index (χ0) is 10.2. The molecule has 0 saturated heterocycles. The predicted octanol–water partition coefficient (Wildman–Crippen LogP) is 3.33. The molecule has 0 heterocycles. The van der Waals surface area contributed by atoms with E-state index in [0.717, 1.165) is 5.56 Å². The molecular weight excluding hydrogens is 172 g/mol. The second-order valence-electron chi connectivity index (χ2n) is 4.27. The fourth-order valence-electron chi connectivity index (χ4n) is 2.06. The fourth-order valence-corrected chi connectivity index (χ4v) is 2.06. The van der Waals surface area contributed by atoms with E-state index in [1.807, 2.05) is 12.1 Å². The molecule has 0 spiro atoms. The van der Waals surface area contributed by atoms with Crippen LogP contribution >= 0.6 is 0 Å². The van der Waals surface area contributed by atoms with Crippen molar-refractivity contribution in [1.82, 2.24) is 0 Å². The number of Topliss-reactive ketones (excluding diaryl/α,β-unsaturated/α-hetero) is 1. The van der Waals surface area contributed by atoms with Crippen LogP contribution < -0.4 is 0 Å². The first-order valence-corrected chi connectivity index (χ1v) is 5.29. The van der Waals surface area contributed by atoms with Crippen molar-refractivity contribution in [2.75, 3.05) is 0 Å². The molecule has 1 aliphatic rings. The van der Waals surface area contributed by atoms with E-state index in [-0.39, 0.29) is 5.78 Å². The van der Waals surface area contributed by atoms with Crippen LogP contribution in [0.5, 0.6) is 0 Å². The van der Waals surface area contributed by atoms with Gasteiger partial charge >= 0.3 is 0 Å². The van der Waals surface area contributed by atoms with Crippen LogP contribution in [0.2, 0.25) is 0 Å². The van der Waals surface area contributed by atoms with E-state index >= 15 is 0 Å². The van der Waals surface area contributed by atoms with Gasteiger partial charge in [0.1, 0.15) is 0 Å². The largest absolute Gasteiger partial charge is 0.295 e. The number of carbonyl (C=O) groups excluding carboxylic acids is 1. The quantitative estimate of drug-likeness (QED) is 0.665. The van der Waals surface area contributed by atoms with Crippen LogP contribution in [0, 0.1) is 0 Å². The minimum Gasteiger partial charge on any atom is -0.295 e. The van der Waals surface area contributed by atoms with E-state index < -0.39 is 0 Å². The second-order valence-corrected chi connectivity index (χ2v) is 4.27. The van der Waals surface area contributed by atoms with Gasteiger partial charge in [0.2, 0.25) is 0 Å². The molecule has 0 radical (unpaired) electrons. The van der Waals surface area contributed by atoms with Crippen molar-refractivity contribution in [1.29, 1.82) is 0 Å². The zero-order valence-electron chi connectivity index (χ0n) is 8.84. The topological polar surface area (TPSA) is 17.1 Å². The van der Waals surface area contributed by atoms with Gasteiger partial charge in [-0.1, -0.05) is 31.2 Å². The summed E-state index contributed by atoms with van der Waals surface area (Å²) in [5.74, 6) is 0.151. The molecule has 0 bridgehead atoms. The molecule has 1 saturated carbocycles. The second kappa shape index (κ2) is 3.23. The van der Waals surface area contributed by atoms with Gasteiger partial charge in [-0.05, 0) is 37.2 Å². The maximum Gasteiger partial charge on any atom is 0.159 e. The van der Waals surface area contributed by atoms with Crippen LogP contribution in [0.25, 0.3) is 0 Å². The summed E-state index contributed by atoms with van der Waals surface area (Å²) in [5.41, 5.74) is 2.68. The summed E-state index contributed by atoms with van der Waals surface area (Å²) in [7, 11) is 0. The molecule has 0 atom stereocenters. The third-order valence-corrected chi connectivity index (χ3v) is 3.43. The Morgan fingerprint density at radius 1 is 1.29 bits per heavy atom. The highest BCUT2D eigenvalue weighted by molar-refractivity contribution is 5.94. The van der Waals surface area contributed by atoms with Crippen molar-refractivity contribution >= 4 is 5.78 Å². The maximum absolute atomic E-state index is 11.1. The molecule has 1 aromatic rings. The summed E-state index contributed by atoms with van der Waals surface area (Å²) >= 11 is 0. The van der Waals surface area contributed by atoms with E-state index in [1.54, 1.807) is 6.92 Å². The van der Waals surface area contributed by atoms with Crippen LogP contribution in [0.1, 0.15) is 49.0 Å². The first kappa shape index (κ1) is 9.45. The molecule has 1 aromatic carbocycles. The fraction of sp³-hybridized carbons (Fsp3) is 0.462. The van der Waals surface area contributed by atoms with Gasteiger partial charge < -0.3 is 0 Å².